The fraction of sp³-hybridized carbons (Fsp3) is 0.158. The van der Waals surface area contributed by atoms with Crippen LogP contribution in [0.3, 0.4) is 0 Å². The number of carbonyl (C=O) groups is 1. The molecular weight excluding hydrogens is 391 g/mol. The first kappa shape index (κ1) is 20.4. The monoisotopic (exact) mass is 406 g/mol. The van der Waals surface area contributed by atoms with Crippen molar-refractivity contribution in [3.05, 3.63) is 51.5 Å². The van der Waals surface area contributed by atoms with Gasteiger partial charge in [-0.1, -0.05) is 23.2 Å². The molecule has 8 heteroatoms. The first-order valence-electron chi connectivity index (χ1n) is 7.81. The van der Waals surface area contributed by atoms with E-state index in [0.29, 0.717) is 28.6 Å². The maximum absolute atomic E-state index is 12.5. The highest BCUT2D eigenvalue weighted by Crippen LogP contribution is 2.36. The highest BCUT2D eigenvalue weighted by Gasteiger charge is 2.15. The van der Waals surface area contributed by atoms with Gasteiger partial charge in [0, 0.05) is 5.02 Å². The third-order valence-electron chi connectivity index (χ3n) is 3.44. The first-order chi connectivity index (χ1) is 12.9. The first-order valence-corrected chi connectivity index (χ1v) is 8.57. The third-order valence-corrected chi connectivity index (χ3v) is 3.96. The number of rotatable bonds is 6. The summed E-state index contributed by atoms with van der Waals surface area (Å²) in [5.41, 5.74) is 0.571. The van der Waals surface area contributed by atoms with Gasteiger partial charge in [0.25, 0.3) is 5.91 Å². The lowest BCUT2D eigenvalue weighted by molar-refractivity contribution is -0.112. The van der Waals surface area contributed by atoms with Gasteiger partial charge in [0.1, 0.15) is 17.4 Å². The van der Waals surface area contributed by atoms with Crippen LogP contribution in [0.4, 0.5) is 5.69 Å². The van der Waals surface area contributed by atoms with E-state index in [1.165, 1.54) is 31.4 Å². The van der Waals surface area contributed by atoms with Crippen LogP contribution in [-0.2, 0) is 4.79 Å². The molecule has 0 saturated carbocycles. The van der Waals surface area contributed by atoms with Gasteiger partial charge in [-0.15, -0.1) is 0 Å². The van der Waals surface area contributed by atoms with Gasteiger partial charge in [0.15, 0.2) is 11.5 Å². The van der Waals surface area contributed by atoms with Crippen LogP contribution in [0.2, 0.25) is 10.0 Å². The molecule has 0 atom stereocenters. The largest absolute Gasteiger partial charge is 0.503 e. The molecule has 140 valence electrons. The van der Waals surface area contributed by atoms with Gasteiger partial charge in [-0.25, -0.2) is 0 Å². The highest BCUT2D eigenvalue weighted by atomic mass is 35.5. The molecule has 0 aromatic heterocycles. The molecule has 2 rings (SSSR count). The second-order valence-corrected chi connectivity index (χ2v) is 6.09. The molecule has 0 heterocycles. The zero-order valence-electron chi connectivity index (χ0n) is 14.5. The van der Waals surface area contributed by atoms with E-state index < -0.39 is 5.91 Å². The molecule has 0 aliphatic rings. The summed E-state index contributed by atoms with van der Waals surface area (Å²) in [6.07, 6.45) is 1.33. The second-order valence-electron chi connectivity index (χ2n) is 5.25. The molecule has 2 aromatic rings. The van der Waals surface area contributed by atoms with Gasteiger partial charge in [-0.3, -0.25) is 4.79 Å². The normalized spacial score (nSPS) is 10.9. The lowest BCUT2D eigenvalue weighted by Crippen LogP contribution is -2.14. The minimum Gasteiger partial charge on any atom is -0.503 e. The molecule has 0 unspecified atom stereocenters. The Hall–Kier alpha value is -2.88. The Morgan fingerprint density at radius 2 is 2.04 bits per heavy atom. The van der Waals surface area contributed by atoms with E-state index in [4.69, 9.17) is 32.7 Å². The Bertz CT molecular complexity index is 936. The summed E-state index contributed by atoms with van der Waals surface area (Å²) >= 11 is 11.9. The minimum atomic E-state index is -0.653. The zero-order chi connectivity index (χ0) is 20.0. The molecule has 0 spiro atoms. The van der Waals surface area contributed by atoms with Gasteiger partial charge in [0.05, 0.1) is 24.4 Å². The standard InChI is InChI=1S/C19H16Cl2N2O4/c1-3-27-17-8-11(7-14(21)18(17)24)6-12(10-22)19(25)23-15-9-13(20)4-5-16(15)26-2/h4-9,24H,3H2,1-2H3,(H,23,25)/b12-6+. The molecule has 2 aromatic carbocycles. The van der Waals surface area contributed by atoms with Crippen LogP contribution in [0.25, 0.3) is 6.08 Å². The Balaban J connectivity index is 2.35. The number of benzene rings is 2. The van der Waals surface area contributed by atoms with Crippen molar-refractivity contribution in [2.24, 2.45) is 0 Å². The van der Waals surface area contributed by atoms with Gasteiger partial charge in [0.2, 0.25) is 0 Å². The van der Waals surface area contributed by atoms with E-state index in [0.717, 1.165) is 0 Å². The van der Waals surface area contributed by atoms with Crippen LogP contribution < -0.4 is 14.8 Å². The number of amides is 1. The third kappa shape index (κ3) is 5.07. The molecule has 0 aliphatic heterocycles. The van der Waals surface area contributed by atoms with E-state index in [9.17, 15) is 15.2 Å². The Morgan fingerprint density at radius 1 is 1.30 bits per heavy atom. The number of nitrogens with zero attached hydrogens (tertiary/aromatic N) is 1. The van der Waals surface area contributed by atoms with Crippen molar-refractivity contribution in [1.82, 2.24) is 0 Å². The SMILES string of the molecule is CCOc1cc(/C=C(\C#N)C(=O)Nc2cc(Cl)ccc2OC)cc(Cl)c1O. The second kappa shape index (κ2) is 9.17. The van der Waals surface area contributed by atoms with Crippen molar-refractivity contribution in [2.45, 2.75) is 6.92 Å². The summed E-state index contributed by atoms with van der Waals surface area (Å²) in [5.74, 6) is -0.302. The van der Waals surface area contributed by atoms with E-state index in [1.807, 2.05) is 6.07 Å². The van der Waals surface area contributed by atoms with E-state index in [1.54, 1.807) is 19.1 Å². The number of anilines is 1. The van der Waals surface area contributed by atoms with Crippen LogP contribution in [0.5, 0.6) is 17.2 Å². The number of hydrogen-bond donors (Lipinski definition) is 2. The Kier molecular flexibility index (Phi) is 6.94. The fourth-order valence-corrected chi connectivity index (χ4v) is 2.62. The summed E-state index contributed by atoms with van der Waals surface area (Å²) in [7, 11) is 1.45. The van der Waals surface area contributed by atoms with Crippen molar-refractivity contribution in [1.29, 1.82) is 5.26 Å². The van der Waals surface area contributed by atoms with Crippen molar-refractivity contribution < 1.29 is 19.4 Å². The van der Waals surface area contributed by atoms with Gasteiger partial charge in [-0.2, -0.15) is 5.26 Å². The number of aromatic hydroxyl groups is 1. The van der Waals surface area contributed by atoms with Crippen molar-refractivity contribution in [3.63, 3.8) is 0 Å². The van der Waals surface area contributed by atoms with Crippen molar-refractivity contribution in [3.8, 4) is 23.3 Å². The highest BCUT2D eigenvalue weighted by molar-refractivity contribution is 6.32. The number of carbonyl (C=O) groups excluding carboxylic acids is 1. The number of nitrogens with one attached hydrogen (secondary N) is 1. The van der Waals surface area contributed by atoms with Gasteiger partial charge < -0.3 is 19.9 Å². The number of hydrogen-bond acceptors (Lipinski definition) is 5. The summed E-state index contributed by atoms with van der Waals surface area (Å²) in [6.45, 7) is 2.07. The molecule has 0 aliphatic carbocycles. The molecule has 0 radical (unpaired) electrons. The molecule has 1 amide bonds. The summed E-state index contributed by atoms with van der Waals surface area (Å²) in [6, 6.07) is 9.47. The quantitative estimate of drug-likeness (QED) is 0.537. The molecule has 2 N–H and O–H groups in total. The summed E-state index contributed by atoms with van der Waals surface area (Å²) in [5, 5.41) is 22.3. The molecular formula is C19H16Cl2N2O4. The number of ether oxygens (including phenoxy) is 2. The van der Waals surface area contributed by atoms with Crippen LogP contribution in [-0.4, -0.2) is 24.7 Å². The summed E-state index contributed by atoms with van der Waals surface area (Å²) < 4.78 is 10.5. The van der Waals surface area contributed by atoms with E-state index in [2.05, 4.69) is 5.32 Å². The van der Waals surface area contributed by atoms with Crippen LogP contribution in [0.1, 0.15) is 12.5 Å². The maximum Gasteiger partial charge on any atom is 0.266 e. The van der Waals surface area contributed by atoms with Gasteiger partial charge in [-0.05, 0) is 48.9 Å². The smallest absolute Gasteiger partial charge is 0.266 e. The number of methoxy groups -OCH3 is 1. The molecule has 27 heavy (non-hydrogen) atoms. The lowest BCUT2D eigenvalue weighted by atomic mass is 10.1. The molecule has 6 nitrogen and oxygen atoms in total. The fourth-order valence-electron chi connectivity index (χ4n) is 2.23. The maximum atomic E-state index is 12.5. The number of nitriles is 1. The van der Waals surface area contributed by atoms with Crippen molar-refractivity contribution >= 4 is 40.9 Å². The van der Waals surface area contributed by atoms with E-state index in [-0.39, 0.29) is 22.1 Å². The Labute approximate surface area is 166 Å². The van der Waals surface area contributed by atoms with Gasteiger partial charge >= 0.3 is 0 Å². The number of phenolic OH excluding ortho intramolecular Hbond substituents is 1. The van der Waals surface area contributed by atoms with Crippen LogP contribution >= 0.6 is 23.2 Å². The molecule has 0 fully saturated rings. The predicted molar refractivity (Wildman–Crippen MR) is 105 cm³/mol. The lowest BCUT2D eigenvalue weighted by Gasteiger charge is -2.11. The predicted octanol–water partition coefficient (Wildman–Crippen LogP) is 4.65. The molecule has 0 saturated heterocycles. The average molecular weight is 407 g/mol. The summed E-state index contributed by atoms with van der Waals surface area (Å²) in [4.78, 5) is 12.5. The number of halogens is 2. The number of phenols is 1. The topological polar surface area (TPSA) is 91.6 Å². The minimum absolute atomic E-state index is 0.0430. The van der Waals surface area contributed by atoms with Crippen LogP contribution in [0.15, 0.2) is 35.9 Å². The average Bonchev–Trinajstić information content (AvgIpc) is 2.64. The zero-order valence-corrected chi connectivity index (χ0v) is 16.1. The van der Waals surface area contributed by atoms with E-state index >= 15 is 0 Å². The van der Waals surface area contributed by atoms with Crippen LogP contribution in [0, 0.1) is 11.3 Å². The Morgan fingerprint density at radius 3 is 2.67 bits per heavy atom. The van der Waals surface area contributed by atoms with Crippen molar-refractivity contribution in [2.75, 3.05) is 19.0 Å². The molecule has 0 bridgehead atoms.